The van der Waals surface area contributed by atoms with Crippen LogP contribution < -0.4 is 5.32 Å². The van der Waals surface area contributed by atoms with Gasteiger partial charge in [0.2, 0.25) is 11.8 Å². The van der Waals surface area contributed by atoms with Gasteiger partial charge in [-0.15, -0.1) is 11.8 Å². The van der Waals surface area contributed by atoms with Crippen molar-refractivity contribution in [3.8, 4) is 0 Å². The normalized spacial score (nSPS) is 11.8. The van der Waals surface area contributed by atoms with Crippen molar-refractivity contribution in [2.24, 2.45) is 5.92 Å². The molecule has 4 nitrogen and oxygen atoms in total. The van der Waals surface area contributed by atoms with Crippen LogP contribution in [0.5, 0.6) is 0 Å². The maximum atomic E-state index is 13.7. The molecule has 0 fully saturated rings. The minimum absolute atomic E-state index is 0.103. The van der Waals surface area contributed by atoms with Gasteiger partial charge in [0.05, 0.1) is 15.8 Å². The maximum absolute atomic E-state index is 13.7. The molecular formula is C29H31BrCl2N2O2S. The molecule has 0 aliphatic carbocycles. The van der Waals surface area contributed by atoms with Crippen LogP contribution in [-0.4, -0.2) is 35.1 Å². The predicted octanol–water partition coefficient (Wildman–Crippen LogP) is 7.40. The average molecular weight is 622 g/mol. The Morgan fingerprint density at radius 3 is 2.24 bits per heavy atom. The summed E-state index contributed by atoms with van der Waals surface area (Å²) in [5.41, 5.74) is 2.93. The molecule has 1 atom stereocenters. The van der Waals surface area contributed by atoms with E-state index in [0.29, 0.717) is 34.7 Å². The van der Waals surface area contributed by atoms with E-state index in [1.54, 1.807) is 17.0 Å². The lowest BCUT2D eigenvalue weighted by Crippen LogP contribution is -2.51. The molecular weight excluding hydrogens is 591 g/mol. The van der Waals surface area contributed by atoms with E-state index < -0.39 is 6.04 Å². The highest BCUT2D eigenvalue weighted by molar-refractivity contribution is 9.10. The summed E-state index contributed by atoms with van der Waals surface area (Å²) in [4.78, 5) is 28.8. The van der Waals surface area contributed by atoms with E-state index in [1.165, 1.54) is 11.8 Å². The highest BCUT2D eigenvalue weighted by atomic mass is 79.9. The zero-order valence-electron chi connectivity index (χ0n) is 20.9. The Labute approximate surface area is 242 Å². The molecule has 2 amide bonds. The number of thioether (sulfide) groups is 1. The summed E-state index contributed by atoms with van der Waals surface area (Å²) in [7, 11) is 0. The van der Waals surface area contributed by atoms with E-state index in [1.807, 2.05) is 74.5 Å². The topological polar surface area (TPSA) is 49.4 Å². The van der Waals surface area contributed by atoms with Crippen molar-refractivity contribution in [3.63, 3.8) is 0 Å². The van der Waals surface area contributed by atoms with Crippen molar-refractivity contribution >= 4 is 62.7 Å². The van der Waals surface area contributed by atoms with Gasteiger partial charge in [0.25, 0.3) is 0 Å². The highest BCUT2D eigenvalue weighted by Gasteiger charge is 2.30. The van der Waals surface area contributed by atoms with Crippen molar-refractivity contribution in [3.05, 3.63) is 104 Å². The van der Waals surface area contributed by atoms with E-state index in [0.717, 1.165) is 21.2 Å². The van der Waals surface area contributed by atoms with Gasteiger partial charge in [-0.25, -0.2) is 0 Å². The summed E-state index contributed by atoms with van der Waals surface area (Å²) >= 11 is 17.4. The van der Waals surface area contributed by atoms with Crippen LogP contribution in [0.4, 0.5) is 0 Å². The second-order valence-corrected chi connectivity index (χ2v) is 11.9. The second-order valence-electron chi connectivity index (χ2n) is 9.23. The van der Waals surface area contributed by atoms with E-state index in [9.17, 15) is 9.59 Å². The predicted molar refractivity (Wildman–Crippen MR) is 159 cm³/mol. The molecule has 0 saturated carbocycles. The molecule has 8 heteroatoms. The number of carbonyl (C=O) groups excluding carboxylic acids is 2. The van der Waals surface area contributed by atoms with Crippen LogP contribution >= 0.6 is 50.9 Å². The molecule has 1 N–H and O–H groups in total. The average Bonchev–Trinajstić information content (AvgIpc) is 2.88. The van der Waals surface area contributed by atoms with Gasteiger partial charge in [-0.1, -0.05) is 102 Å². The first kappa shape index (κ1) is 29.6. The van der Waals surface area contributed by atoms with Crippen LogP contribution in [0.1, 0.15) is 30.5 Å². The zero-order chi connectivity index (χ0) is 26.8. The molecule has 0 aromatic heterocycles. The molecule has 37 heavy (non-hydrogen) atoms. The minimum atomic E-state index is -0.670. The number of carbonyl (C=O) groups is 2. The Morgan fingerprint density at radius 1 is 0.919 bits per heavy atom. The fourth-order valence-electron chi connectivity index (χ4n) is 3.73. The molecule has 0 bridgehead atoms. The molecule has 3 aromatic carbocycles. The molecule has 0 heterocycles. The van der Waals surface area contributed by atoms with Crippen molar-refractivity contribution in [2.45, 2.75) is 38.6 Å². The molecule has 3 aromatic rings. The number of benzene rings is 3. The Balaban J connectivity index is 1.86. The molecule has 0 unspecified atom stereocenters. The van der Waals surface area contributed by atoms with Crippen LogP contribution in [-0.2, 0) is 28.3 Å². The summed E-state index contributed by atoms with van der Waals surface area (Å²) in [6.45, 7) is 4.88. The van der Waals surface area contributed by atoms with Crippen molar-refractivity contribution in [1.82, 2.24) is 10.2 Å². The van der Waals surface area contributed by atoms with Gasteiger partial charge in [0, 0.05) is 29.7 Å². The van der Waals surface area contributed by atoms with Crippen LogP contribution in [0.25, 0.3) is 0 Å². The van der Waals surface area contributed by atoms with Gasteiger partial charge < -0.3 is 10.2 Å². The lowest BCUT2D eigenvalue weighted by Gasteiger charge is -2.32. The molecule has 3 rings (SSSR count). The van der Waals surface area contributed by atoms with Gasteiger partial charge in [0.15, 0.2) is 0 Å². The Bertz CT molecular complexity index is 1180. The molecule has 0 saturated heterocycles. The first-order valence-electron chi connectivity index (χ1n) is 12.1. The standard InChI is InChI=1S/C29H31BrCl2N2O2S/c1-20(2)16-33-29(36)27(15-21-6-4-3-5-7-21)34(17-23-10-13-25(31)26(32)14-23)28(35)19-37-18-22-8-11-24(30)12-9-22/h3-14,20,27H,15-19H2,1-2H3,(H,33,36)/t27-/m0/s1. The third-order valence-corrected chi connectivity index (χ3v) is 7.96. The van der Waals surface area contributed by atoms with Crippen LogP contribution in [0, 0.1) is 5.92 Å². The molecule has 0 aliphatic heterocycles. The van der Waals surface area contributed by atoms with Crippen molar-refractivity contribution in [2.75, 3.05) is 12.3 Å². The van der Waals surface area contributed by atoms with E-state index in [2.05, 4.69) is 21.2 Å². The highest BCUT2D eigenvalue weighted by Crippen LogP contribution is 2.25. The first-order valence-corrected chi connectivity index (χ1v) is 14.8. The fourth-order valence-corrected chi connectivity index (χ4v) is 5.19. The quantitative estimate of drug-likeness (QED) is 0.229. The summed E-state index contributed by atoms with van der Waals surface area (Å²) in [5.74, 6) is 0.975. The first-order chi connectivity index (χ1) is 17.7. The van der Waals surface area contributed by atoms with Crippen molar-refractivity contribution in [1.29, 1.82) is 0 Å². The lowest BCUT2D eigenvalue weighted by molar-refractivity contribution is -0.139. The number of hydrogen-bond acceptors (Lipinski definition) is 3. The minimum Gasteiger partial charge on any atom is -0.354 e. The van der Waals surface area contributed by atoms with Crippen LogP contribution in [0.3, 0.4) is 0 Å². The number of nitrogens with zero attached hydrogens (tertiary/aromatic N) is 1. The summed E-state index contributed by atoms with van der Waals surface area (Å²) in [6.07, 6.45) is 0.412. The third kappa shape index (κ3) is 9.68. The van der Waals surface area contributed by atoms with E-state index in [-0.39, 0.29) is 24.1 Å². The maximum Gasteiger partial charge on any atom is 0.243 e. The van der Waals surface area contributed by atoms with Crippen LogP contribution in [0.15, 0.2) is 77.3 Å². The van der Waals surface area contributed by atoms with Gasteiger partial charge in [-0.3, -0.25) is 9.59 Å². The number of hydrogen-bond donors (Lipinski definition) is 1. The number of halogens is 3. The Kier molecular flexibility index (Phi) is 11.8. The largest absolute Gasteiger partial charge is 0.354 e. The summed E-state index contributed by atoms with van der Waals surface area (Å²) in [5, 5.41) is 3.90. The summed E-state index contributed by atoms with van der Waals surface area (Å²) < 4.78 is 1.02. The lowest BCUT2D eigenvalue weighted by atomic mass is 10.0. The fraction of sp³-hybridized carbons (Fsp3) is 0.310. The number of amides is 2. The van der Waals surface area contributed by atoms with E-state index in [4.69, 9.17) is 23.2 Å². The zero-order valence-corrected chi connectivity index (χ0v) is 24.8. The number of nitrogens with one attached hydrogen (secondary N) is 1. The van der Waals surface area contributed by atoms with Gasteiger partial charge >= 0.3 is 0 Å². The second kappa shape index (κ2) is 14.8. The Morgan fingerprint density at radius 2 is 1.59 bits per heavy atom. The van der Waals surface area contributed by atoms with Gasteiger partial charge in [0.1, 0.15) is 6.04 Å². The summed E-state index contributed by atoms with van der Waals surface area (Å²) in [6, 6.07) is 22.5. The number of rotatable bonds is 12. The molecule has 0 spiro atoms. The molecule has 196 valence electrons. The third-order valence-electron chi connectivity index (χ3n) is 5.70. The molecule has 0 aliphatic rings. The van der Waals surface area contributed by atoms with E-state index >= 15 is 0 Å². The SMILES string of the molecule is CC(C)CNC(=O)[C@H](Cc1ccccc1)N(Cc1ccc(Cl)c(Cl)c1)C(=O)CSCc1ccc(Br)cc1. The monoisotopic (exact) mass is 620 g/mol. The van der Waals surface area contributed by atoms with Crippen molar-refractivity contribution < 1.29 is 9.59 Å². The van der Waals surface area contributed by atoms with Crippen LogP contribution in [0.2, 0.25) is 10.0 Å². The molecule has 0 radical (unpaired) electrons. The Hall–Kier alpha value is -1.99. The van der Waals surface area contributed by atoms with Gasteiger partial charge in [-0.2, -0.15) is 0 Å². The smallest absolute Gasteiger partial charge is 0.243 e. The van der Waals surface area contributed by atoms with Gasteiger partial charge in [-0.05, 0) is 46.9 Å².